The summed E-state index contributed by atoms with van der Waals surface area (Å²) in [5, 5.41) is 24.0. The molecular weight excluding hydrogens is 438 g/mol. The molecule has 0 bridgehead atoms. The van der Waals surface area contributed by atoms with Crippen molar-refractivity contribution < 1.29 is 14.7 Å². The summed E-state index contributed by atoms with van der Waals surface area (Å²) < 4.78 is 0. The first kappa shape index (κ1) is 25.5. The molecule has 3 rings (SSSR count). The fourth-order valence-electron chi connectivity index (χ4n) is 3.87. The van der Waals surface area contributed by atoms with Crippen molar-refractivity contribution in [2.24, 2.45) is 0 Å². The summed E-state index contributed by atoms with van der Waals surface area (Å²) in [4.78, 5) is 22.9. The van der Waals surface area contributed by atoms with Crippen molar-refractivity contribution in [2.75, 3.05) is 11.9 Å². The molecule has 0 saturated carbocycles. The minimum Gasteiger partial charge on any atom is -0.481 e. The smallest absolute Gasteiger partial charge is 0.305 e. The van der Waals surface area contributed by atoms with Crippen LogP contribution in [0.15, 0.2) is 72.8 Å². The molecule has 1 amide bonds. The number of nitrogens with one attached hydrogen (secondary N) is 2. The number of hydrogen-bond donors (Lipinski definition) is 3. The third-order valence-corrected chi connectivity index (χ3v) is 5.87. The van der Waals surface area contributed by atoms with E-state index in [2.05, 4.69) is 47.9 Å². The standard InChI is InChI=1S/C29H31N3O3/c1-2-3-4-5-27(24-10-12-25(13-11-24)29(35)31-19-18-28(33)34)32-26-16-14-23(15-17-26)22-8-6-21(20-30)7-9-22/h6-17,27,32H,2-5,18-19H2,1H3,(H,31,35)(H,33,34). The minimum absolute atomic E-state index is 0.1000. The van der Waals surface area contributed by atoms with Crippen LogP contribution in [-0.2, 0) is 4.79 Å². The van der Waals surface area contributed by atoms with Crippen molar-refractivity contribution in [3.05, 3.63) is 89.5 Å². The SMILES string of the molecule is CCCCCC(Nc1ccc(-c2ccc(C#N)cc2)cc1)c1ccc(C(=O)NCCC(=O)O)cc1. The molecule has 0 saturated heterocycles. The quantitative estimate of drug-likeness (QED) is 0.276. The molecule has 6 heteroatoms. The first-order chi connectivity index (χ1) is 17.0. The summed E-state index contributed by atoms with van der Waals surface area (Å²) in [5.74, 6) is -1.21. The van der Waals surface area contributed by atoms with Crippen molar-refractivity contribution in [1.29, 1.82) is 5.26 Å². The molecule has 3 aromatic carbocycles. The lowest BCUT2D eigenvalue weighted by atomic mass is 9.98. The fourth-order valence-corrected chi connectivity index (χ4v) is 3.87. The average Bonchev–Trinajstić information content (AvgIpc) is 2.88. The van der Waals surface area contributed by atoms with Crippen molar-refractivity contribution in [3.8, 4) is 17.2 Å². The Kier molecular flexibility index (Phi) is 9.44. The summed E-state index contributed by atoms with van der Waals surface area (Å²) in [6.07, 6.45) is 4.25. The lowest BCUT2D eigenvalue weighted by molar-refractivity contribution is -0.136. The molecule has 0 fully saturated rings. The van der Waals surface area contributed by atoms with Crippen LogP contribution in [-0.4, -0.2) is 23.5 Å². The largest absolute Gasteiger partial charge is 0.481 e. The van der Waals surface area contributed by atoms with Crippen LogP contribution in [0, 0.1) is 11.3 Å². The number of amides is 1. The highest BCUT2D eigenvalue weighted by Gasteiger charge is 2.13. The third kappa shape index (κ3) is 7.72. The van der Waals surface area contributed by atoms with Crippen LogP contribution >= 0.6 is 0 Å². The van der Waals surface area contributed by atoms with E-state index < -0.39 is 5.97 Å². The van der Waals surface area contributed by atoms with Gasteiger partial charge in [-0.1, -0.05) is 62.6 Å². The minimum atomic E-state index is -0.938. The molecule has 1 atom stereocenters. The monoisotopic (exact) mass is 469 g/mol. The lowest BCUT2D eigenvalue weighted by Crippen LogP contribution is -2.26. The van der Waals surface area contributed by atoms with Crippen molar-refractivity contribution >= 4 is 17.6 Å². The highest BCUT2D eigenvalue weighted by Crippen LogP contribution is 2.28. The normalized spacial score (nSPS) is 11.3. The van der Waals surface area contributed by atoms with Crippen LogP contribution in [0.5, 0.6) is 0 Å². The number of benzene rings is 3. The van der Waals surface area contributed by atoms with Crippen LogP contribution in [0.2, 0.25) is 0 Å². The van der Waals surface area contributed by atoms with E-state index in [1.54, 1.807) is 12.1 Å². The molecule has 3 N–H and O–H groups in total. The number of unbranched alkanes of at least 4 members (excludes halogenated alkanes) is 2. The summed E-state index contributed by atoms with van der Waals surface area (Å²) in [5.41, 5.74) is 5.41. The first-order valence-corrected chi connectivity index (χ1v) is 12.0. The topological polar surface area (TPSA) is 102 Å². The first-order valence-electron chi connectivity index (χ1n) is 12.0. The zero-order chi connectivity index (χ0) is 25.0. The lowest BCUT2D eigenvalue weighted by Gasteiger charge is -2.21. The Hall–Kier alpha value is -4.11. The number of carbonyl (C=O) groups is 2. The van der Waals surface area contributed by atoms with Gasteiger partial charge >= 0.3 is 5.97 Å². The molecule has 6 nitrogen and oxygen atoms in total. The van der Waals surface area contributed by atoms with Gasteiger partial charge in [-0.2, -0.15) is 5.26 Å². The van der Waals surface area contributed by atoms with Crippen LogP contribution < -0.4 is 10.6 Å². The Morgan fingerprint density at radius 1 is 0.914 bits per heavy atom. The van der Waals surface area contributed by atoms with E-state index in [0.29, 0.717) is 11.1 Å². The van der Waals surface area contributed by atoms with Gasteiger partial charge in [0.25, 0.3) is 5.91 Å². The van der Waals surface area contributed by atoms with Gasteiger partial charge in [0.05, 0.1) is 24.1 Å². The van der Waals surface area contributed by atoms with Crippen molar-refractivity contribution in [3.63, 3.8) is 0 Å². The maximum atomic E-state index is 12.3. The Morgan fingerprint density at radius 3 is 2.11 bits per heavy atom. The average molecular weight is 470 g/mol. The molecule has 0 heterocycles. The van der Waals surface area contributed by atoms with Crippen LogP contribution in [0.25, 0.3) is 11.1 Å². The van der Waals surface area contributed by atoms with Gasteiger partial charge in [0, 0.05) is 17.8 Å². The van der Waals surface area contributed by atoms with E-state index in [9.17, 15) is 9.59 Å². The number of carboxylic acids is 1. The zero-order valence-electron chi connectivity index (χ0n) is 20.0. The molecule has 0 aromatic heterocycles. The molecule has 3 aromatic rings. The predicted octanol–water partition coefficient (Wildman–Crippen LogP) is 6.16. The van der Waals surface area contributed by atoms with E-state index >= 15 is 0 Å². The zero-order valence-corrected chi connectivity index (χ0v) is 20.0. The molecule has 35 heavy (non-hydrogen) atoms. The van der Waals surface area contributed by atoms with Crippen LogP contribution in [0.4, 0.5) is 5.69 Å². The van der Waals surface area contributed by atoms with Gasteiger partial charge in [0.1, 0.15) is 0 Å². The Balaban J connectivity index is 1.69. The van der Waals surface area contributed by atoms with E-state index in [1.165, 1.54) is 0 Å². The highest BCUT2D eigenvalue weighted by atomic mass is 16.4. The molecule has 0 aliphatic rings. The summed E-state index contributed by atoms with van der Waals surface area (Å²) in [6, 6.07) is 25.5. The summed E-state index contributed by atoms with van der Waals surface area (Å²) in [6.45, 7) is 2.29. The highest BCUT2D eigenvalue weighted by molar-refractivity contribution is 5.94. The molecule has 0 spiro atoms. The summed E-state index contributed by atoms with van der Waals surface area (Å²) in [7, 11) is 0. The van der Waals surface area contributed by atoms with Crippen LogP contribution in [0.3, 0.4) is 0 Å². The van der Waals surface area contributed by atoms with Gasteiger partial charge < -0.3 is 15.7 Å². The number of hydrogen-bond acceptors (Lipinski definition) is 4. The Labute approximate surface area is 206 Å². The maximum absolute atomic E-state index is 12.3. The number of aliphatic carboxylic acids is 1. The molecule has 1 unspecified atom stereocenters. The molecule has 0 aliphatic carbocycles. The second kappa shape index (κ2) is 13.0. The number of nitriles is 1. The molecule has 0 aliphatic heterocycles. The molecular formula is C29H31N3O3. The van der Waals surface area contributed by atoms with E-state index in [1.807, 2.05) is 36.4 Å². The second-order valence-corrected chi connectivity index (χ2v) is 8.48. The van der Waals surface area contributed by atoms with Crippen molar-refractivity contribution in [1.82, 2.24) is 5.32 Å². The third-order valence-electron chi connectivity index (χ3n) is 5.87. The number of rotatable bonds is 12. The van der Waals surface area contributed by atoms with Crippen molar-refractivity contribution in [2.45, 2.75) is 45.1 Å². The van der Waals surface area contributed by atoms with Gasteiger partial charge in [-0.25, -0.2) is 0 Å². The second-order valence-electron chi connectivity index (χ2n) is 8.48. The van der Waals surface area contributed by atoms with Gasteiger partial charge in [-0.05, 0) is 59.5 Å². The van der Waals surface area contributed by atoms with Gasteiger partial charge in [-0.3, -0.25) is 9.59 Å². The number of carboxylic acid groups (broad SMARTS) is 1. The van der Waals surface area contributed by atoms with E-state index in [0.717, 1.165) is 48.1 Å². The predicted molar refractivity (Wildman–Crippen MR) is 138 cm³/mol. The fraction of sp³-hybridized carbons (Fsp3) is 0.276. The van der Waals surface area contributed by atoms with Gasteiger partial charge in [0.15, 0.2) is 0 Å². The maximum Gasteiger partial charge on any atom is 0.305 e. The number of carbonyl (C=O) groups excluding carboxylic acids is 1. The molecule has 180 valence electrons. The van der Waals surface area contributed by atoms with E-state index in [-0.39, 0.29) is 24.9 Å². The van der Waals surface area contributed by atoms with Gasteiger partial charge in [-0.15, -0.1) is 0 Å². The Bertz CT molecular complexity index is 1150. The number of nitrogens with zero attached hydrogens (tertiary/aromatic N) is 1. The molecule has 0 radical (unpaired) electrons. The van der Waals surface area contributed by atoms with E-state index in [4.69, 9.17) is 10.4 Å². The summed E-state index contributed by atoms with van der Waals surface area (Å²) >= 11 is 0. The van der Waals surface area contributed by atoms with Gasteiger partial charge in [0.2, 0.25) is 0 Å². The Morgan fingerprint density at radius 2 is 1.54 bits per heavy atom. The number of anilines is 1. The van der Waals surface area contributed by atoms with Crippen LogP contribution in [0.1, 0.15) is 66.6 Å².